The third-order valence-electron chi connectivity index (χ3n) is 2.72. The molecule has 0 aliphatic rings. The highest BCUT2D eigenvalue weighted by Gasteiger charge is 2.17. The number of halogens is 3. The van der Waals surface area contributed by atoms with E-state index in [0.717, 1.165) is 0 Å². The number of hydrogen-bond acceptors (Lipinski definition) is 3. The van der Waals surface area contributed by atoms with Crippen LogP contribution in [-0.4, -0.2) is 23.1 Å². The van der Waals surface area contributed by atoms with Crippen LogP contribution < -0.4 is 10.8 Å². The molecule has 8 heteroatoms. The molecule has 0 aliphatic carbocycles. The van der Waals surface area contributed by atoms with Crippen molar-refractivity contribution in [2.45, 2.75) is 0 Å². The summed E-state index contributed by atoms with van der Waals surface area (Å²) < 4.78 is 0. The van der Waals surface area contributed by atoms with Crippen LogP contribution in [0.4, 0.5) is 5.69 Å². The summed E-state index contributed by atoms with van der Waals surface area (Å²) in [5.41, 5.74) is 0.742. The first-order valence-corrected chi connectivity index (χ1v) is 6.94. The van der Waals surface area contributed by atoms with E-state index in [0.29, 0.717) is 15.7 Å². The lowest BCUT2D eigenvalue weighted by Crippen LogP contribution is -2.31. The molecule has 0 heterocycles. The molecule has 0 saturated heterocycles. The second kappa shape index (κ2) is 6.68. The van der Waals surface area contributed by atoms with Crippen LogP contribution >= 0.6 is 34.8 Å². The van der Waals surface area contributed by atoms with Crippen molar-refractivity contribution in [3.05, 3.63) is 57.0 Å². The van der Waals surface area contributed by atoms with Crippen LogP contribution in [0.25, 0.3) is 0 Å². The van der Waals surface area contributed by atoms with Gasteiger partial charge in [0.2, 0.25) is 0 Å². The van der Waals surface area contributed by atoms with Gasteiger partial charge in [0, 0.05) is 21.1 Å². The number of benzene rings is 2. The molecule has 0 atom stereocenters. The van der Waals surface area contributed by atoms with Crippen LogP contribution in [0.5, 0.6) is 0 Å². The van der Waals surface area contributed by atoms with E-state index in [1.54, 1.807) is 12.1 Å². The Hall–Kier alpha value is -1.24. The van der Waals surface area contributed by atoms with Gasteiger partial charge in [-0.1, -0.05) is 40.9 Å². The van der Waals surface area contributed by atoms with Gasteiger partial charge in [-0.15, -0.1) is 0 Å². The van der Waals surface area contributed by atoms with Gasteiger partial charge in [-0.2, -0.15) is 0 Å². The first-order valence-electron chi connectivity index (χ1n) is 5.80. The van der Waals surface area contributed by atoms with Crippen LogP contribution in [-0.2, 0) is 0 Å². The monoisotopic (exact) mass is 343 g/mol. The fourth-order valence-electron chi connectivity index (χ4n) is 1.67. The molecule has 2 aromatic rings. The maximum absolute atomic E-state index is 12.1. The van der Waals surface area contributed by atoms with Gasteiger partial charge < -0.3 is 15.4 Å². The Kier molecular flexibility index (Phi) is 5.14. The van der Waals surface area contributed by atoms with Crippen molar-refractivity contribution in [2.75, 3.05) is 5.32 Å². The molecule has 0 aliphatic heterocycles. The third-order valence-corrected chi connectivity index (χ3v) is 3.61. The van der Waals surface area contributed by atoms with Gasteiger partial charge in [-0.05, 0) is 30.3 Å². The van der Waals surface area contributed by atoms with Gasteiger partial charge in [0.25, 0.3) is 5.91 Å². The minimum Gasteiger partial charge on any atom is -0.423 e. The first kappa shape index (κ1) is 16.1. The first-order chi connectivity index (χ1) is 9.88. The average molecular weight is 344 g/mol. The number of carbonyl (C=O) groups is 1. The fraction of sp³-hybridized carbons (Fsp3) is 0. The zero-order valence-electron chi connectivity index (χ0n) is 10.5. The number of carbonyl (C=O) groups excluding carboxylic acids is 1. The number of hydrogen-bond donors (Lipinski definition) is 3. The normalized spacial score (nSPS) is 10.3. The van der Waals surface area contributed by atoms with Gasteiger partial charge in [0.1, 0.15) is 0 Å². The summed E-state index contributed by atoms with van der Waals surface area (Å²) in [6.45, 7) is 0. The van der Waals surface area contributed by atoms with E-state index in [1.165, 1.54) is 24.3 Å². The standard InChI is InChI=1S/C13H9BCl3NO3/c15-8-2-4-10(16)12(6-8)18-13(19)7-1-3-9(14(20)21)11(17)5-7/h1-6,20-21H,(H,18,19). The lowest BCUT2D eigenvalue weighted by molar-refractivity contribution is 0.102. The molecule has 0 spiro atoms. The molecule has 1 amide bonds. The summed E-state index contributed by atoms with van der Waals surface area (Å²) >= 11 is 17.7. The van der Waals surface area contributed by atoms with Gasteiger partial charge >= 0.3 is 7.12 Å². The molecule has 0 fully saturated rings. The predicted octanol–water partition coefficient (Wildman–Crippen LogP) is 2.58. The van der Waals surface area contributed by atoms with Crippen LogP contribution in [0, 0.1) is 0 Å². The smallest absolute Gasteiger partial charge is 0.423 e. The van der Waals surface area contributed by atoms with Gasteiger partial charge in [-0.25, -0.2) is 0 Å². The minimum absolute atomic E-state index is 0.0786. The fourth-order valence-corrected chi connectivity index (χ4v) is 2.28. The largest absolute Gasteiger partial charge is 0.489 e. The lowest BCUT2D eigenvalue weighted by atomic mass is 9.80. The van der Waals surface area contributed by atoms with Crippen LogP contribution in [0.1, 0.15) is 10.4 Å². The molecule has 2 rings (SSSR count). The molecular weight excluding hydrogens is 335 g/mol. The maximum Gasteiger partial charge on any atom is 0.489 e. The molecule has 0 aromatic heterocycles. The molecule has 0 unspecified atom stereocenters. The second-order valence-electron chi connectivity index (χ2n) is 4.19. The Bertz CT molecular complexity index is 694. The van der Waals surface area contributed by atoms with Crippen molar-refractivity contribution >= 4 is 59.0 Å². The van der Waals surface area contributed by atoms with E-state index in [2.05, 4.69) is 5.32 Å². The molecular formula is C13H9BCl3NO3. The number of anilines is 1. The second-order valence-corrected chi connectivity index (χ2v) is 5.44. The predicted molar refractivity (Wildman–Crippen MR) is 85.7 cm³/mol. The van der Waals surface area contributed by atoms with Crippen molar-refractivity contribution in [3.63, 3.8) is 0 Å². The van der Waals surface area contributed by atoms with E-state index >= 15 is 0 Å². The lowest BCUT2D eigenvalue weighted by Gasteiger charge is -2.09. The van der Waals surface area contributed by atoms with Crippen molar-refractivity contribution in [1.82, 2.24) is 0 Å². The summed E-state index contributed by atoms with van der Waals surface area (Å²) in [5.74, 6) is -0.444. The molecule has 108 valence electrons. The van der Waals surface area contributed by atoms with E-state index < -0.39 is 13.0 Å². The van der Waals surface area contributed by atoms with Crippen molar-refractivity contribution in [3.8, 4) is 0 Å². The van der Waals surface area contributed by atoms with Crippen LogP contribution in [0.2, 0.25) is 15.1 Å². The van der Waals surface area contributed by atoms with Gasteiger partial charge in [-0.3, -0.25) is 4.79 Å². The topological polar surface area (TPSA) is 69.6 Å². The summed E-state index contributed by atoms with van der Waals surface area (Å²) in [4.78, 5) is 12.1. The summed E-state index contributed by atoms with van der Waals surface area (Å²) in [7, 11) is -1.70. The highest BCUT2D eigenvalue weighted by molar-refractivity contribution is 6.62. The van der Waals surface area contributed by atoms with Crippen LogP contribution in [0.15, 0.2) is 36.4 Å². The van der Waals surface area contributed by atoms with Crippen LogP contribution in [0.3, 0.4) is 0 Å². The van der Waals surface area contributed by atoms with Gasteiger partial charge in [0.15, 0.2) is 0 Å². The maximum atomic E-state index is 12.1. The van der Waals surface area contributed by atoms with E-state index in [-0.39, 0.29) is 16.0 Å². The summed E-state index contributed by atoms with van der Waals surface area (Å²) in [5, 5.41) is 21.6. The SMILES string of the molecule is O=C(Nc1cc(Cl)ccc1Cl)c1ccc(B(O)O)c(Cl)c1. The zero-order valence-corrected chi connectivity index (χ0v) is 12.7. The third kappa shape index (κ3) is 3.90. The Morgan fingerprint density at radius 2 is 1.71 bits per heavy atom. The Labute approximate surface area is 136 Å². The molecule has 3 N–H and O–H groups in total. The summed E-state index contributed by atoms with van der Waals surface area (Å²) in [6, 6.07) is 8.82. The van der Waals surface area contributed by atoms with E-state index in [9.17, 15) is 4.79 Å². The van der Waals surface area contributed by atoms with Crippen molar-refractivity contribution < 1.29 is 14.8 Å². The molecule has 0 saturated carbocycles. The van der Waals surface area contributed by atoms with E-state index in [1.807, 2.05) is 0 Å². The molecule has 21 heavy (non-hydrogen) atoms. The number of nitrogens with one attached hydrogen (secondary N) is 1. The number of rotatable bonds is 3. The van der Waals surface area contributed by atoms with Gasteiger partial charge in [0.05, 0.1) is 10.7 Å². The van der Waals surface area contributed by atoms with Crippen molar-refractivity contribution in [1.29, 1.82) is 0 Å². The number of amides is 1. The highest BCUT2D eigenvalue weighted by Crippen LogP contribution is 2.26. The zero-order chi connectivity index (χ0) is 15.6. The summed E-state index contributed by atoms with van der Waals surface area (Å²) in [6.07, 6.45) is 0. The van der Waals surface area contributed by atoms with E-state index in [4.69, 9.17) is 44.9 Å². The molecule has 0 bridgehead atoms. The quantitative estimate of drug-likeness (QED) is 0.750. The Morgan fingerprint density at radius 1 is 1.00 bits per heavy atom. The minimum atomic E-state index is -1.70. The molecule has 0 radical (unpaired) electrons. The van der Waals surface area contributed by atoms with Crippen molar-refractivity contribution in [2.24, 2.45) is 0 Å². The molecule has 2 aromatic carbocycles. The molecule has 4 nitrogen and oxygen atoms in total. The highest BCUT2D eigenvalue weighted by atomic mass is 35.5. The average Bonchev–Trinajstić information content (AvgIpc) is 2.42. The Morgan fingerprint density at radius 3 is 2.33 bits per heavy atom. The Balaban J connectivity index is 2.24.